The lowest BCUT2D eigenvalue weighted by Gasteiger charge is -2.14. The van der Waals surface area contributed by atoms with E-state index in [0.717, 1.165) is 5.82 Å². The summed E-state index contributed by atoms with van der Waals surface area (Å²) in [4.78, 5) is 4.30. The molecule has 0 bridgehead atoms. The lowest BCUT2D eigenvalue weighted by molar-refractivity contribution is 0.398. The molecule has 1 fully saturated rings. The zero-order chi connectivity index (χ0) is 10.7. The molecule has 4 heteroatoms. The number of aromatic nitrogens is 1. The molecule has 15 heavy (non-hydrogen) atoms. The van der Waals surface area contributed by atoms with Crippen LogP contribution in [0.25, 0.3) is 0 Å². The third-order valence-electron chi connectivity index (χ3n) is 2.81. The molecule has 1 aromatic heterocycles. The second-order valence-corrected chi connectivity index (χ2v) is 3.92. The molecule has 1 aliphatic carbocycles. The van der Waals surface area contributed by atoms with Crippen molar-refractivity contribution in [2.75, 3.05) is 18.2 Å². The van der Waals surface area contributed by atoms with Crippen LogP contribution in [0.4, 0.5) is 11.5 Å². The van der Waals surface area contributed by atoms with Gasteiger partial charge in [-0.05, 0) is 18.9 Å². The van der Waals surface area contributed by atoms with Crippen molar-refractivity contribution in [1.82, 2.24) is 4.98 Å². The van der Waals surface area contributed by atoms with Gasteiger partial charge in [-0.2, -0.15) is 4.98 Å². The predicted molar refractivity (Wildman–Crippen MR) is 61.1 cm³/mol. The SMILES string of the molecule is COc1ccc(N)c(NC2CCCC2)n1. The van der Waals surface area contributed by atoms with Gasteiger partial charge in [0.15, 0.2) is 5.82 Å². The minimum atomic E-state index is 0.520. The van der Waals surface area contributed by atoms with Crippen LogP contribution in [0.2, 0.25) is 0 Å². The van der Waals surface area contributed by atoms with Crippen molar-refractivity contribution < 1.29 is 4.74 Å². The highest BCUT2D eigenvalue weighted by Gasteiger charge is 2.16. The van der Waals surface area contributed by atoms with E-state index in [1.165, 1.54) is 25.7 Å². The Hall–Kier alpha value is -1.45. The number of hydrogen-bond acceptors (Lipinski definition) is 4. The Morgan fingerprint density at radius 1 is 1.40 bits per heavy atom. The quantitative estimate of drug-likeness (QED) is 0.796. The molecular formula is C11H17N3O. The number of rotatable bonds is 3. The molecule has 0 atom stereocenters. The van der Waals surface area contributed by atoms with Gasteiger partial charge in [-0.3, -0.25) is 0 Å². The van der Waals surface area contributed by atoms with E-state index in [4.69, 9.17) is 10.5 Å². The van der Waals surface area contributed by atoms with Crippen molar-refractivity contribution in [2.45, 2.75) is 31.7 Å². The summed E-state index contributed by atoms with van der Waals surface area (Å²) < 4.78 is 5.07. The molecule has 3 N–H and O–H groups in total. The maximum Gasteiger partial charge on any atom is 0.215 e. The Morgan fingerprint density at radius 2 is 2.13 bits per heavy atom. The van der Waals surface area contributed by atoms with Crippen LogP contribution >= 0.6 is 0 Å². The van der Waals surface area contributed by atoms with Crippen LogP contribution < -0.4 is 15.8 Å². The van der Waals surface area contributed by atoms with E-state index in [2.05, 4.69) is 10.3 Å². The first-order chi connectivity index (χ1) is 7.29. The molecule has 1 heterocycles. The van der Waals surface area contributed by atoms with Gasteiger partial charge in [-0.1, -0.05) is 12.8 Å². The van der Waals surface area contributed by atoms with Gasteiger partial charge in [-0.15, -0.1) is 0 Å². The fraction of sp³-hybridized carbons (Fsp3) is 0.545. The van der Waals surface area contributed by atoms with E-state index in [0.29, 0.717) is 17.6 Å². The van der Waals surface area contributed by atoms with Crippen LogP contribution in [0, 0.1) is 0 Å². The Bertz CT molecular complexity index is 335. The summed E-state index contributed by atoms with van der Waals surface area (Å²) in [6.07, 6.45) is 5.00. The maximum absolute atomic E-state index is 5.84. The molecule has 2 rings (SSSR count). The minimum absolute atomic E-state index is 0.520. The Kier molecular flexibility index (Phi) is 2.94. The highest BCUT2D eigenvalue weighted by molar-refractivity contribution is 5.62. The molecule has 1 aromatic rings. The molecule has 0 saturated heterocycles. The van der Waals surface area contributed by atoms with Crippen LogP contribution in [-0.2, 0) is 0 Å². The standard InChI is InChI=1S/C11H17N3O/c1-15-10-7-6-9(12)11(14-10)13-8-4-2-3-5-8/h6-8H,2-5,12H2,1H3,(H,13,14). The van der Waals surface area contributed by atoms with Gasteiger partial charge in [-0.25, -0.2) is 0 Å². The number of pyridine rings is 1. The average molecular weight is 207 g/mol. The van der Waals surface area contributed by atoms with E-state index in [1.807, 2.05) is 6.07 Å². The highest BCUT2D eigenvalue weighted by atomic mass is 16.5. The normalized spacial score (nSPS) is 16.6. The molecule has 0 radical (unpaired) electrons. The number of ether oxygens (including phenoxy) is 1. The predicted octanol–water partition coefficient (Wildman–Crippen LogP) is 2.03. The third-order valence-corrected chi connectivity index (χ3v) is 2.81. The second kappa shape index (κ2) is 4.38. The van der Waals surface area contributed by atoms with Gasteiger partial charge in [0.25, 0.3) is 0 Å². The molecule has 0 amide bonds. The van der Waals surface area contributed by atoms with Crippen molar-refractivity contribution in [1.29, 1.82) is 0 Å². The summed E-state index contributed by atoms with van der Waals surface area (Å²) in [6.45, 7) is 0. The summed E-state index contributed by atoms with van der Waals surface area (Å²) in [5, 5.41) is 3.37. The monoisotopic (exact) mass is 207 g/mol. The molecule has 0 aliphatic heterocycles. The Balaban J connectivity index is 2.11. The van der Waals surface area contributed by atoms with Crippen LogP contribution in [0.3, 0.4) is 0 Å². The molecule has 1 saturated carbocycles. The summed E-state index contributed by atoms with van der Waals surface area (Å²) in [6, 6.07) is 4.12. The largest absolute Gasteiger partial charge is 0.481 e. The van der Waals surface area contributed by atoms with Gasteiger partial charge in [0.05, 0.1) is 12.8 Å². The molecule has 1 aliphatic rings. The van der Waals surface area contributed by atoms with Crippen molar-refractivity contribution in [2.24, 2.45) is 0 Å². The average Bonchev–Trinajstić information content (AvgIpc) is 2.74. The lowest BCUT2D eigenvalue weighted by atomic mass is 10.2. The Labute approximate surface area is 89.8 Å². The smallest absolute Gasteiger partial charge is 0.215 e. The number of hydrogen-bond donors (Lipinski definition) is 2. The van der Waals surface area contributed by atoms with Crippen LogP contribution in [0.5, 0.6) is 5.88 Å². The van der Waals surface area contributed by atoms with E-state index in [-0.39, 0.29) is 0 Å². The van der Waals surface area contributed by atoms with E-state index in [1.54, 1.807) is 13.2 Å². The lowest BCUT2D eigenvalue weighted by Crippen LogP contribution is -2.16. The first-order valence-corrected chi connectivity index (χ1v) is 5.36. The van der Waals surface area contributed by atoms with Crippen molar-refractivity contribution in [3.05, 3.63) is 12.1 Å². The van der Waals surface area contributed by atoms with Gasteiger partial charge in [0.2, 0.25) is 5.88 Å². The van der Waals surface area contributed by atoms with Crippen molar-refractivity contribution in [3.8, 4) is 5.88 Å². The number of nitrogens with one attached hydrogen (secondary N) is 1. The summed E-state index contributed by atoms with van der Waals surface area (Å²) >= 11 is 0. The molecular weight excluding hydrogens is 190 g/mol. The fourth-order valence-electron chi connectivity index (χ4n) is 1.94. The van der Waals surface area contributed by atoms with Gasteiger partial charge < -0.3 is 15.8 Å². The van der Waals surface area contributed by atoms with Crippen molar-refractivity contribution in [3.63, 3.8) is 0 Å². The van der Waals surface area contributed by atoms with E-state index >= 15 is 0 Å². The maximum atomic E-state index is 5.84. The number of nitrogen functional groups attached to an aromatic ring is 1. The van der Waals surface area contributed by atoms with Crippen LogP contribution in [-0.4, -0.2) is 18.1 Å². The van der Waals surface area contributed by atoms with Gasteiger partial charge in [0, 0.05) is 12.1 Å². The number of nitrogens with zero attached hydrogens (tertiary/aromatic N) is 1. The summed E-state index contributed by atoms with van der Waals surface area (Å²) in [5.41, 5.74) is 6.52. The third kappa shape index (κ3) is 2.32. The molecule has 82 valence electrons. The summed E-state index contributed by atoms with van der Waals surface area (Å²) in [7, 11) is 1.61. The van der Waals surface area contributed by atoms with Crippen molar-refractivity contribution >= 4 is 11.5 Å². The molecule has 4 nitrogen and oxygen atoms in total. The summed E-state index contributed by atoms with van der Waals surface area (Å²) in [5.74, 6) is 1.35. The Morgan fingerprint density at radius 3 is 2.80 bits per heavy atom. The van der Waals surface area contributed by atoms with Gasteiger partial charge >= 0.3 is 0 Å². The zero-order valence-electron chi connectivity index (χ0n) is 8.99. The zero-order valence-corrected chi connectivity index (χ0v) is 8.99. The fourth-order valence-corrected chi connectivity index (χ4v) is 1.94. The van der Waals surface area contributed by atoms with E-state index < -0.39 is 0 Å². The number of methoxy groups -OCH3 is 1. The van der Waals surface area contributed by atoms with Crippen LogP contribution in [0.1, 0.15) is 25.7 Å². The number of anilines is 2. The topological polar surface area (TPSA) is 60.2 Å². The highest BCUT2D eigenvalue weighted by Crippen LogP contribution is 2.25. The van der Waals surface area contributed by atoms with E-state index in [9.17, 15) is 0 Å². The minimum Gasteiger partial charge on any atom is -0.481 e. The first kappa shape index (κ1) is 10.1. The first-order valence-electron chi connectivity index (χ1n) is 5.36. The van der Waals surface area contributed by atoms with Gasteiger partial charge in [0.1, 0.15) is 0 Å². The number of nitrogens with two attached hydrogens (primary N) is 1. The van der Waals surface area contributed by atoms with Crippen LogP contribution in [0.15, 0.2) is 12.1 Å². The molecule has 0 unspecified atom stereocenters. The molecule has 0 spiro atoms. The second-order valence-electron chi connectivity index (χ2n) is 3.92. The molecule has 0 aromatic carbocycles.